The second-order valence-corrected chi connectivity index (χ2v) is 5.01. The molecule has 1 aliphatic heterocycles. The van der Waals surface area contributed by atoms with Crippen molar-refractivity contribution in [2.45, 2.75) is 6.54 Å². The molecule has 0 aromatic heterocycles. The molecule has 2 aromatic rings. The first-order valence-corrected chi connectivity index (χ1v) is 6.55. The molecule has 5 heteroatoms. The fraction of sp³-hybridized carbons (Fsp3) is 0.143. The van der Waals surface area contributed by atoms with Crippen molar-refractivity contribution in [3.8, 4) is 11.5 Å². The molecule has 0 unspecified atom stereocenters. The van der Waals surface area contributed by atoms with Crippen LogP contribution in [0.2, 0.25) is 10.0 Å². The topological polar surface area (TPSA) is 30.5 Å². The minimum Gasteiger partial charge on any atom is -0.454 e. The number of halogens is 2. The van der Waals surface area contributed by atoms with Crippen LogP contribution >= 0.6 is 23.2 Å². The van der Waals surface area contributed by atoms with Crippen molar-refractivity contribution in [3.05, 3.63) is 52.0 Å². The molecular weight excluding hydrogens is 285 g/mol. The van der Waals surface area contributed by atoms with Crippen LogP contribution in [0.5, 0.6) is 11.5 Å². The molecular formula is C14H11Cl2NO2. The molecule has 0 aliphatic carbocycles. The van der Waals surface area contributed by atoms with Gasteiger partial charge in [-0.05, 0) is 35.9 Å². The second-order valence-electron chi connectivity index (χ2n) is 4.17. The van der Waals surface area contributed by atoms with Crippen LogP contribution in [-0.4, -0.2) is 6.79 Å². The van der Waals surface area contributed by atoms with Gasteiger partial charge < -0.3 is 14.8 Å². The molecule has 1 aliphatic rings. The molecule has 0 amide bonds. The van der Waals surface area contributed by atoms with E-state index in [1.54, 1.807) is 18.2 Å². The number of nitrogens with one attached hydrogen (secondary N) is 1. The summed E-state index contributed by atoms with van der Waals surface area (Å²) in [7, 11) is 0. The molecule has 19 heavy (non-hydrogen) atoms. The van der Waals surface area contributed by atoms with E-state index >= 15 is 0 Å². The highest BCUT2D eigenvalue weighted by molar-refractivity contribution is 6.35. The van der Waals surface area contributed by atoms with Gasteiger partial charge in [0.25, 0.3) is 0 Å². The maximum Gasteiger partial charge on any atom is 0.231 e. The summed E-state index contributed by atoms with van der Waals surface area (Å²) in [5.74, 6) is 1.56. The van der Waals surface area contributed by atoms with Crippen LogP contribution < -0.4 is 14.8 Å². The standard InChI is InChI=1S/C14H11Cl2NO2/c15-10-2-3-11(16)12(6-10)17-7-9-1-4-13-14(5-9)19-8-18-13/h1-6,17H,7-8H2. The van der Waals surface area contributed by atoms with E-state index in [-0.39, 0.29) is 6.79 Å². The number of hydrogen-bond acceptors (Lipinski definition) is 3. The van der Waals surface area contributed by atoms with E-state index < -0.39 is 0 Å². The summed E-state index contributed by atoms with van der Waals surface area (Å²) in [4.78, 5) is 0. The van der Waals surface area contributed by atoms with Gasteiger partial charge in [0.15, 0.2) is 11.5 Å². The van der Waals surface area contributed by atoms with Crippen molar-refractivity contribution in [1.82, 2.24) is 0 Å². The van der Waals surface area contributed by atoms with E-state index in [9.17, 15) is 0 Å². The third-order valence-corrected chi connectivity index (χ3v) is 3.41. The van der Waals surface area contributed by atoms with E-state index in [1.165, 1.54) is 0 Å². The fourth-order valence-electron chi connectivity index (χ4n) is 1.88. The lowest BCUT2D eigenvalue weighted by Crippen LogP contribution is -1.99. The lowest BCUT2D eigenvalue weighted by Gasteiger charge is -2.09. The number of benzene rings is 2. The molecule has 3 nitrogen and oxygen atoms in total. The maximum absolute atomic E-state index is 6.09. The molecule has 3 rings (SSSR count). The maximum atomic E-state index is 6.09. The Kier molecular flexibility index (Phi) is 3.40. The number of fused-ring (bicyclic) bond motifs is 1. The fourth-order valence-corrected chi connectivity index (χ4v) is 2.24. The Morgan fingerprint density at radius 1 is 1.00 bits per heavy atom. The number of hydrogen-bond donors (Lipinski definition) is 1. The van der Waals surface area contributed by atoms with Crippen LogP contribution in [0.15, 0.2) is 36.4 Å². The van der Waals surface area contributed by atoms with Crippen molar-refractivity contribution in [2.24, 2.45) is 0 Å². The monoisotopic (exact) mass is 295 g/mol. The van der Waals surface area contributed by atoms with E-state index in [4.69, 9.17) is 32.7 Å². The lowest BCUT2D eigenvalue weighted by atomic mass is 10.2. The van der Waals surface area contributed by atoms with E-state index in [2.05, 4.69) is 5.32 Å². The first-order chi connectivity index (χ1) is 9.22. The molecule has 0 saturated carbocycles. The molecule has 0 atom stereocenters. The third-order valence-electron chi connectivity index (χ3n) is 2.85. The minimum absolute atomic E-state index is 0.284. The Morgan fingerprint density at radius 2 is 1.84 bits per heavy atom. The van der Waals surface area contributed by atoms with Gasteiger partial charge in [-0.1, -0.05) is 29.3 Å². The van der Waals surface area contributed by atoms with Gasteiger partial charge >= 0.3 is 0 Å². The van der Waals surface area contributed by atoms with E-state index in [0.717, 1.165) is 22.7 Å². The zero-order valence-corrected chi connectivity index (χ0v) is 11.5. The summed E-state index contributed by atoms with van der Waals surface area (Å²) < 4.78 is 10.6. The molecule has 98 valence electrons. The highest BCUT2D eigenvalue weighted by Gasteiger charge is 2.13. The van der Waals surface area contributed by atoms with Crippen LogP contribution in [-0.2, 0) is 6.54 Å². The van der Waals surface area contributed by atoms with Gasteiger partial charge in [-0.2, -0.15) is 0 Å². The zero-order valence-electron chi connectivity index (χ0n) is 9.95. The molecule has 0 spiro atoms. The second kappa shape index (κ2) is 5.19. The molecule has 0 radical (unpaired) electrons. The van der Waals surface area contributed by atoms with Crippen LogP contribution in [0, 0.1) is 0 Å². The normalized spacial score (nSPS) is 12.5. The Morgan fingerprint density at radius 3 is 2.74 bits per heavy atom. The lowest BCUT2D eigenvalue weighted by molar-refractivity contribution is 0.174. The quantitative estimate of drug-likeness (QED) is 0.914. The molecule has 0 saturated heterocycles. The smallest absolute Gasteiger partial charge is 0.231 e. The summed E-state index contributed by atoms with van der Waals surface area (Å²) in [6.45, 7) is 0.920. The Hall–Kier alpha value is -1.58. The first-order valence-electron chi connectivity index (χ1n) is 5.80. The summed E-state index contributed by atoms with van der Waals surface area (Å²) in [6.07, 6.45) is 0. The van der Waals surface area contributed by atoms with Gasteiger partial charge in [0.05, 0.1) is 10.7 Å². The van der Waals surface area contributed by atoms with Crippen molar-refractivity contribution < 1.29 is 9.47 Å². The van der Waals surface area contributed by atoms with Crippen molar-refractivity contribution in [3.63, 3.8) is 0 Å². The predicted octanol–water partition coefficient (Wildman–Crippen LogP) is 4.33. The molecule has 2 aromatic carbocycles. The van der Waals surface area contributed by atoms with E-state index in [0.29, 0.717) is 16.6 Å². The van der Waals surface area contributed by atoms with Gasteiger partial charge in [0, 0.05) is 11.6 Å². The highest BCUT2D eigenvalue weighted by Crippen LogP contribution is 2.33. The van der Waals surface area contributed by atoms with E-state index in [1.807, 2.05) is 18.2 Å². The Balaban J connectivity index is 1.74. The van der Waals surface area contributed by atoms with Gasteiger partial charge in [-0.3, -0.25) is 0 Å². The molecule has 0 bridgehead atoms. The van der Waals surface area contributed by atoms with Crippen LogP contribution in [0.1, 0.15) is 5.56 Å². The van der Waals surface area contributed by atoms with Gasteiger partial charge in [0.1, 0.15) is 0 Å². The molecule has 0 fully saturated rings. The minimum atomic E-state index is 0.284. The van der Waals surface area contributed by atoms with Gasteiger partial charge in [0.2, 0.25) is 6.79 Å². The molecule has 1 N–H and O–H groups in total. The summed E-state index contributed by atoms with van der Waals surface area (Å²) >= 11 is 12.0. The van der Waals surface area contributed by atoms with Crippen LogP contribution in [0.3, 0.4) is 0 Å². The average Bonchev–Trinajstić information content (AvgIpc) is 2.87. The summed E-state index contributed by atoms with van der Waals surface area (Å²) in [5, 5.41) is 4.54. The Labute approximate surface area is 121 Å². The predicted molar refractivity (Wildman–Crippen MR) is 76.4 cm³/mol. The first kappa shape index (κ1) is 12.5. The van der Waals surface area contributed by atoms with Crippen LogP contribution in [0.4, 0.5) is 5.69 Å². The average molecular weight is 296 g/mol. The SMILES string of the molecule is Clc1ccc(Cl)c(NCc2ccc3c(c2)OCO3)c1. The van der Waals surface area contributed by atoms with Gasteiger partial charge in [-0.25, -0.2) is 0 Å². The summed E-state index contributed by atoms with van der Waals surface area (Å²) in [6, 6.07) is 11.2. The Bertz CT molecular complexity index is 616. The van der Waals surface area contributed by atoms with Crippen LogP contribution in [0.25, 0.3) is 0 Å². The molecule has 1 heterocycles. The highest BCUT2D eigenvalue weighted by atomic mass is 35.5. The van der Waals surface area contributed by atoms with Gasteiger partial charge in [-0.15, -0.1) is 0 Å². The number of ether oxygens (including phenoxy) is 2. The largest absolute Gasteiger partial charge is 0.454 e. The summed E-state index contributed by atoms with van der Waals surface area (Å²) in [5.41, 5.74) is 1.90. The third kappa shape index (κ3) is 2.72. The number of rotatable bonds is 3. The van der Waals surface area contributed by atoms with Crippen molar-refractivity contribution >= 4 is 28.9 Å². The van der Waals surface area contributed by atoms with Crippen molar-refractivity contribution in [2.75, 3.05) is 12.1 Å². The zero-order chi connectivity index (χ0) is 13.2. The van der Waals surface area contributed by atoms with Crippen molar-refractivity contribution in [1.29, 1.82) is 0 Å². The number of anilines is 1.